The summed E-state index contributed by atoms with van der Waals surface area (Å²) in [7, 11) is -1.19. The zero-order valence-corrected chi connectivity index (χ0v) is 15.9. The summed E-state index contributed by atoms with van der Waals surface area (Å²) in [6, 6.07) is 16.4. The molecular formula is C20H17ClFNO3S. The van der Waals surface area contributed by atoms with Crippen molar-refractivity contribution in [3.05, 3.63) is 94.2 Å². The van der Waals surface area contributed by atoms with E-state index in [0.29, 0.717) is 22.1 Å². The van der Waals surface area contributed by atoms with Gasteiger partial charge in [0, 0.05) is 28.1 Å². The molecule has 0 saturated heterocycles. The van der Waals surface area contributed by atoms with Gasteiger partial charge in [-0.15, -0.1) is 0 Å². The lowest BCUT2D eigenvalue weighted by atomic mass is 10.2. The van der Waals surface area contributed by atoms with Gasteiger partial charge in [0.2, 0.25) is 0 Å². The van der Waals surface area contributed by atoms with E-state index < -0.39 is 16.7 Å². The quantitative estimate of drug-likeness (QED) is 0.631. The van der Waals surface area contributed by atoms with E-state index in [1.165, 1.54) is 18.2 Å². The fraction of sp³-hybridized carbons (Fsp3) is 0.150. The Morgan fingerprint density at radius 1 is 1.04 bits per heavy atom. The molecule has 0 aliphatic carbocycles. The molecule has 1 heterocycles. The third-order valence-electron chi connectivity index (χ3n) is 3.75. The summed E-state index contributed by atoms with van der Waals surface area (Å²) < 4.78 is 30.9. The first kappa shape index (κ1) is 19.3. The van der Waals surface area contributed by atoms with Crippen LogP contribution in [0, 0.1) is 5.82 Å². The second-order valence-electron chi connectivity index (χ2n) is 5.94. The van der Waals surface area contributed by atoms with Crippen molar-refractivity contribution in [3.63, 3.8) is 0 Å². The van der Waals surface area contributed by atoms with Gasteiger partial charge in [-0.3, -0.25) is 9.00 Å². The van der Waals surface area contributed by atoms with Gasteiger partial charge in [-0.1, -0.05) is 35.9 Å². The number of carbonyl (C=O) groups excluding carboxylic acids is 1. The number of hydrogen-bond donors (Lipinski definition) is 1. The Balaban J connectivity index is 1.54. The Hall–Kier alpha value is -2.44. The molecule has 2 aromatic carbocycles. The van der Waals surface area contributed by atoms with Gasteiger partial charge >= 0.3 is 0 Å². The van der Waals surface area contributed by atoms with Crippen LogP contribution in [0.15, 0.2) is 65.1 Å². The maximum Gasteiger partial charge on any atom is 0.287 e. The largest absolute Gasteiger partial charge is 0.455 e. The number of benzene rings is 2. The van der Waals surface area contributed by atoms with E-state index >= 15 is 0 Å². The van der Waals surface area contributed by atoms with Crippen molar-refractivity contribution in [3.8, 4) is 0 Å². The second-order valence-corrected chi connectivity index (χ2v) is 7.83. The highest BCUT2D eigenvalue weighted by Gasteiger charge is 2.13. The van der Waals surface area contributed by atoms with Crippen LogP contribution in [0.4, 0.5) is 4.39 Å². The van der Waals surface area contributed by atoms with Crippen molar-refractivity contribution in [2.24, 2.45) is 0 Å². The Morgan fingerprint density at radius 3 is 2.59 bits per heavy atom. The summed E-state index contributed by atoms with van der Waals surface area (Å²) in [5.41, 5.74) is 1.53. The first-order valence-electron chi connectivity index (χ1n) is 8.20. The number of furan rings is 1. The van der Waals surface area contributed by atoms with Gasteiger partial charge in [-0.05, 0) is 47.5 Å². The zero-order chi connectivity index (χ0) is 19.2. The van der Waals surface area contributed by atoms with Gasteiger partial charge in [0.25, 0.3) is 5.91 Å². The summed E-state index contributed by atoms with van der Waals surface area (Å²) in [5, 5.41) is 3.26. The number of halogens is 2. The topological polar surface area (TPSA) is 59.3 Å². The highest BCUT2D eigenvalue weighted by atomic mass is 35.5. The predicted molar refractivity (Wildman–Crippen MR) is 103 cm³/mol. The average Bonchev–Trinajstić information content (AvgIpc) is 3.08. The smallest absolute Gasteiger partial charge is 0.287 e. The SMILES string of the molecule is O=C(NCc1cccc(F)c1)c1ccc(C[S@](=O)Cc2cccc(Cl)c2)o1. The predicted octanol–water partition coefficient (Wildman–Crippen LogP) is 4.45. The van der Waals surface area contributed by atoms with Gasteiger partial charge in [0.1, 0.15) is 11.6 Å². The van der Waals surface area contributed by atoms with E-state index in [9.17, 15) is 13.4 Å². The Labute approximate surface area is 163 Å². The van der Waals surface area contributed by atoms with Crippen LogP contribution in [0.5, 0.6) is 0 Å². The van der Waals surface area contributed by atoms with Crippen molar-refractivity contribution < 1.29 is 17.8 Å². The summed E-state index contributed by atoms with van der Waals surface area (Å²) in [6.45, 7) is 0.188. The molecule has 0 aliphatic heterocycles. The minimum Gasteiger partial charge on any atom is -0.455 e. The van der Waals surface area contributed by atoms with Gasteiger partial charge in [0.05, 0.1) is 5.75 Å². The molecule has 0 saturated carbocycles. The Morgan fingerprint density at radius 2 is 1.81 bits per heavy atom. The van der Waals surface area contributed by atoms with Gasteiger partial charge in [0.15, 0.2) is 5.76 Å². The minimum absolute atomic E-state index is 0.126. The lowest BCUT2D eigenvalue weighted by Gasteiger charge is -2.04. The van der Waals surface area contributed by atoms with Crippen LogP contribution in [0.25, 0.3) is 0 Å². The standard InChI is InChI=1S/C20H17ClFNO3S/c21-16-5-1-4-15(9-16)12-27(25)13-18-7-8-19(26-18)20(24)23-11-14-3-2-6-17(22)10-14/h1-10H,11-13H2,(H,23,24)/t27-/m1/s1. The molecule has 0 aliphatic rings. The number of amides is 1. The summed E-state index contributed by atoms with van der Waals surface area (Å²) in [5.74, 6) is 0.370. The Kier molecular flexibility index (Phi) is 6.42. The third-order valence-corrected chi connectivity index (χ3v) is 5.24. The van der Waals surface area contributed by atoms with Crippen LogP contribution in [0.3, 0.4) is 0 Å². The van der Waals surface area contributed by atoms with Crippen LogP contribution < -0.4 is 5.32 Å². The van der Waals surface area contributed by atoms with Gasteiger partial charge in [-0.2, -0.15) is 0 Å². The van der Waals surface area contributed by atoms with E-state index in [0.717, 1.165) is 5.56 Å². The molecule has 4 nitrogen and oxygen atoms in total. The second kappa shape index (κ2) is 8.97. The molecule has 1 aromatic heterocycles. The number of hydrogen-bond acceptors (Lipinski definition) is 3. The van der Waals surface area contributed by atoms with E-state index in [-0.39, 0.29) is 23.9 Å². The maximum absolute atomic E-state index is 13.2. The van der Waals surface area contributed by atoms with Crippen molar-refractivity contribution in [2.45, 2.75) is 18.1 Å². The molecule has 1 N–H and O–H groups in total. The Bertz CT molecular complexity index is 973. The summed E-state index contributed by atoms with van der Waals surface area (Å²) in [6.07, 6.45) is 0. The molecule has 0 unspecified atom stereocenters. The molecule has 0 fully saturated rings. The van der Waals surface area contributed by atoms with Crippen molar-refractivity contribution in [2.75, 3.05) is 0 Å². The fourth-order valence-corrected chi connectivity index (χ4v) is 3.86. The lowest BCUT2D eigenvalue weighted by Crippen LogP contribution is -2.22. The van der Waals surface area contributed by atoms with Gasteiger partial charge in [-0.25, -0.2) is 4.39 Å². The average molecular weight is 406 g/mol. The van der Waals surface area contributed by atoms with Crippen LogP contribution in [0.1, 0.15) is 27.4 Å². The number of carbonyl (C=O) groups is 1. The molecule has 1 atom stereocenters. The lowest BCUT2D eigenvalue weighted by molar-refractivity contribution is 0.0921. The molecule has 0 spiro atoms. The van der Waals surface area contributed by atoms with Crippen LogP contribution in [-0.4, -0.2) is 10.1 Å². The molecule has 27 heavy (non-hydrogen) atoms. The molecule has 3 rings (SSSR count). The zero-order valence-electron chi connectivity index (χ0n) is 14.3. The fourth-order valence-electron chi connectivity index (χ4n) is 2.52. The van der Waals surface area contributed by atoms with Crippen molar-refractivity contribution in [1.82, 2.24) is 5.32 Å². The van der Waals surface area contributed by atoms with Crippen LogP contribution in [-0.2, 0) is 28.9 Å². The van der Waals surface area contributed by atoms with E-state index in [2.05, 4.69) is 5.32 Å². The van der Waals surface area contributed by atoms with E-state index in [1.807, 2.05) is 12.1 Å². The van der Waals surface area contributed by atoms with E-state index in [1.54, 1.807) is 30.3 Å². The molecule has 0 radical (unpaired) electrons. The number of rotatable bonds is 7. The molecule has 140 valence electrons. The molecular weight excluding hydrogens is 389 g/mol. The monoisotopic (exact) mass is 405 g/mol. The molecule has 1 amide bonds. The maximum atomic E-state index is 13.2. The normalized spacial score (nSPS) is 11.9. The van der Waals surface area contributed by atoms with Crippen LogP contribution >= 0.6 is 11.6 Å². The van der Waals surface area contributed by atoms with E-state index in [4.69, 9.17) is 16.0 Å². The summed E-state index contributed by atoms with van der Waals surface area (Å²) in [4.78, 5) is 12.1. The van der Waals surface area contributed by atoms with Crippen molar-refractivity contribution >= 4 is 28.3 Å². The highest BCUT2D eigenvalue weighted by molar-refractivity contribution is 7.83. The number of nitrogens with one attached hydrogen (secondary N) is 1. The first-order valence-corrected chi connectivity index (χ1v) is 10.1. The molecule has 0 bridgehead atoms. The van der Waals surface area contributed by atoms with Gasteiger partial charge < -0.3 is 9.73 Å². The third kappa shape index (κ3) is 5.77. The van der Waals surface area contributed by atoms with Crippen LogP contribution in [0.2, 0.25) is 5.02 Å². The molecule has 3 aromatic rings. The molecule has 7 heteroatoms. The highest BCUT2D eigenvalue weighted by Crippen LogP contribution is 2.16. The van der Waals surface area contributed by atoms with Crippen molar-refractivity contribution in [1.29, 1.82) is 0 Å². The first-order chi connectivity index (χ1) is 13.0. The summed E-state index contributed by atoms with van der Waals surface area (Å²) >= 11 is 5.93. The minimum atomic E-state index is -1.19.